The zero-order chi connectivity index (χ0) is 26.4. The molecule has 3 heteroatoms. The Kier molecular flexibility index (Phi) is 8.25. The Bertz CT molecular complexity index is 1320. The molecule has 0 unspecified atom stereocenters. The Morgan fingerprint density at radius 3 is 1.51 bits per heavy atom. The third-order valence-electron chi connectivity index (χ3n) is 6.80. The first-order valence-corrected chi connectivity index (χ1v) is 12.9. The predicted molar refractivity (Wildman–Crippen MR) is 161 cm³/mol. The van der Waals surface area contributed by atoms with Crippen LogP contribution in [0.4, 0.5) is 17.1 Å². The Hall–Kier alpha value is -4.11. The van der Waals surface area contributed by atoms with Gasteiger partial charge < -0.3 is 9.80 Å². The zero-order valence-corrected chi connectivity index (χ0v) is 22.9. The molecule has 0 spiro atoms. The quantitative estimate of drug-likeness (QED) is 0.228. The average Bonchev–Trinajstić information content (AvgIpc) is 2.93. The number of rotatable bonds is 8. The minimum atomic E-state index is 0.906. The number of para-hydroxylation sites is 1. The summed E-state index contributed by atoms with van der Waals surface area (Å²) in [6, 6.07) is 36.9. The van der Waals surface area contributed by atoms with Crippen molar-refractivity contribution >= 4 is 33.9 Å². The van der Waals surface area contributed by atoms with Crippen LogP contribution in [0.2, 0.25) is 0 Å². The first-order chi connectivity index (χ1) is 17.9. The summed E-state index contributed by atoms with van der Waals surface area (Å²) in [5.74, 6) is 0. The molecule has 0 fully saturated rings. The molecule has 1 N–H and O–H groups in total. The molecule has 0 amide bonds. The van der Waals surface area contributed by atoms with Crippen LogP contribution in [0.5, 0.6) is 0 Å². The molecule has 0 aliphatic heterocycles. The van der Waals surface area contributed by atoms with Gasteiger partial charge in [-0.25, -0.2) is 4.99 Å². The van der Waals surface area contributed by atoms with Gasteiger partial charge in [-0.05, 0) is 65.1 Å². The first kappa shape index (κ1) is 26.0. The fourth-order valence-corrected chi connectivity index (χ4v) is 4.70. The second kappa shape index (κ2) is 11.7. The summed E-state index contributed by atoms with van der Waals surface area (Å²) in [6.45, 7) is 4.46. The van der Waals surface area contributed by atoms with E-state index in [1.165, 1.54) is 50.5 Å². The number of anilines is 2. The van der Waals surface area contributed by atoms with Crippen molar-refractivity contribution in [2.45, 2.75) is 20.3 Å². The van der Waals surface area contributed by atoms with E-state index >= 15 is 0 Å². The van der Waals surface area contributed by atoms with Gasteiger partial charge in [-0.1, -0.05) is 67.6 Å². The van der Waals surface area contributed by atoms with Crippen molar-refractivity contribution in [3.8, 4) is 0 Å². The number of nitrogens with one attached hydrogen (secondary N) is 1. The summed E-state index contributed by atoms with van der Waals surface area (Å²) in [5, 5.41) is 0. The summed E-state index contributed by atoms with van der Waals surface area (Å²) in [7, 11) is 8.31. The molecule has 0 aliphatic carbocycles. The number of hydrogen-bond acceptors (Lipinski definition) is 2. The van der Waals surface area contributed by atoms with Crippen LogP contribution in [0.25, 0.3) is 11.1 Å². The molecular weight excluding hydrogens is 450 g/mol. The van der Waals surface area contributed by atoms with Crippen molar-refractivity contribution < 1.29 is 4.99 Å². The maximum Gasteiger partial charge on any atom is 0.203 e. The summed E-state index contributed by atoms with van der Waals surface area (Å²) in [6.07, 6.45) is 0.906. The van der Waals surface area contributed by atoms with Gasteiger partial charge in [0.05, 0.1) is 0 Å². The van der Waals surface area contributed by atoms with E-state index in [9.17, 15) is 0 Å². The van der Waals surface area contributed by atoms with Gasteiger partial charge in [0.25, 0.3) is 0 Å². The zero-order valence-electron chi connectivity index (χ0n) is 22.9. The number of nitrogens with zero attached hydrogens (tertiary/aromatic N) is 2. The largest absolute Gasteiger partial charge is 0.378 e. The van der Waals surface area contributed by atoms with Gasteiger partial charge >= 0.3 is 0 Å². The van der Waals surface area contributed by atoms with E-state index in [4.69, 9.17) is 0 Å². The van der Waals surface area contributed by atoms with Crippen molar-refractivity contribution in [2.75, 3.05) is 38.0 Å². The van der Waals surface area contributed by atoms with Crippen molar-refractivity contribution in [3.63, 3.8) is 0 Å². The molecule has 0 saturated heterocycles. The second-order valence-electron chi connectivity index (χ2n) is 9.75. The minimum Gasteiger partial charge on any atom is -0.378 e. The van der Waals surface area contributed by atoms with E-state index in [-0.39, 0.29) is 0 Å². The first-order valence-electron chi connectivity index (χ1n) is 12.9. The highest BCUT2D eigenvalue weighted by atomic mass is 15.1. The molecule has 0 radical (unpaired) electrons. The topological polar surface area (TPSA) is 20.5 Å². The molecular formula is C34H38N3+. The molecule has 0 bridgehead atoms. The van der Waals surface area contributed by atoms with Crippen LogP contribution in [0.15, 0.2) is 103 Å². The summed E-state index contributed by atoms with van der Waals surface area (Å²) < 4.78 is 0. The smallest absolute Gasteiger partial charge is 0.203 e. The fourth-order valence-electron chi connectivity index (χ4n) is 4.70. The monoisotopic (exact) mass is 488 g/mol. The van der Waals surface area contributed by atoms with Gasteiger partial charge in [0.1, 0.15) is 0 Å². The third-order valence-corrected chi connectivity index (χ3v) is 6.80. The fraction of sp³-hybridized carbons (Fsp3) is 0.206. The standard InChI is InChI=1S/C34H37N3/c1-7-33(35-28-13-9-8-10-14-28)32-16-12-11-15-31(32)25(2)34(26-17-21-29(22-18-26)36(3)4)27-19-23-30(24-20-27)37(5)6/h8-24H,7H2,1-6H3/p+1. The number of allylic oxidation sites excluding steroid dienone is 1. The lowest BCUT2D eigenvalue weighted by molar-refractivity contribution is -0.354. The minimum absolute atomic E-state index is 0.906. The van der Waals surface area contributed by atoms with Crippen LogP contribution < -0.4 is 14.8 Å². The number of hydrogen-bond donors (Lipinski definition) is 1. The Balaban J connectivity index is 1.92. The van der Waals surface area contributed by atoms with Crippen molar-refractivity contribution in [1.82, 2.24) is 0 Å². The van der Waals surface area contributed by atoms with Crippen LogP contribution in [-0.2, 0) is 0 Å². The highest BCUT2D eigenvalue weighted by Gasteiger charge is 2.18. The molecule has 0 saturated carbocycles. The molecule has 0 heterocycles. The van der Waals surface area contributed by atoms with Crippen molar-refractivity contribution in [3.05, 3.63) is 125 Å². The lowest BCUT2D eigenvalue weighted by Crippen LogP contribution is -2.66. The molecule has 0 aromatic heterocycles. The van der Waals surface area contributed by atoms with E-state index in [2.05, 4.69) is 154 Å². The van der Waals surface area contributed by atoms with Gasteiger partial charge in [0.15, 0.2) is 5.71 Å². The van der Waals surface area contributed by atoms with Gasteiger partial charge in [0, 0.05) is 63.7 Å². The molecule has 0 atom stereocenters. The Morgan fingerprint density at radius 2 is 1.05 bits per heavy atom. The second-order valence-corrected chi connectivity index (χ2v) is 9.75. The molecule has 37 heavy (non-hydrogen) atoms. The normalized spacial score (nSPS) is 11.2. The van der Waals surface area contributed by atoms with Crippen LogP contribution in [0.3, 0.4) is 0 Å². The SMILES string of the molecule is CCC(=[NH+]c1ccccc1)c1ccccc1C(C)=C(c1ccc(N(C)C)cc1)c1ccc(N(C)C)cc1. The molecule has 4 aromatic carbocycles. The highest BCUT2D eigenvalue weighted by molar-refractivity contribution is 6.06. The third kappa shape index (κ3) is 6.00. The van der Waals surface area contributed by atoms with Crippen molar-refractivity contribution in [2.24, 2.45) is 0 Å². The highest BCUT2D eigenvalue weighted by Crippen LogP contribution is 2.35. The Morgan fingerprint density at radius 1 is 0.595 bits per heavy atom. The molecule has 3 nitrogen and oxygen atoms in total. The molecule has 188 valence electrons. The van der Waals surface area contributed by atoms with E-state index in [1.807, 2.05) is 6.07 Å². The van der Waals surface area contributed by atoms with Crippen LogP contribution >= 0.6 is 0 Å². The van der Waals surface area contributed by atoms with E-state index in [0.29, 0.717) is 0 Å². The summed E-state index contributed by atoms with van der Waals surface area (Å²) >= 11 is 0. The van der Waals surface area contributed by atoms with Gasteiger partial charge in [-0.3, -0.25) is 0 Å². The van der Waals surface area contributed by atoms with Gasteiger partial charge in [0.2, 0.25) is 5.69 Å². The molecule has 0 aliphatic rings. The summed E-state index contributed by atoms with van der Waals surface area (Å²) in [5.41, 5.74) is 12.1. The maximum absolute atomic E-state index is 3.68. The lowest BCUT2D eigenvalue weighted by atomic mass is 9.87. The molecule has 4 aromatic rings. The predicted octanol–water partition coefficient (Wildman–Crippen LogP) is 6.41. The van der Waals surface area contributed by atoms with Crippen molar-refractivity contribution in [1.29, 1.82) is 0 Å². The summed E-state index contributed by atoms with van der Waals surface area (Å²) in [4.78, 5) is 7.96. The van der Waals surface area contributed by atoms with Crippen LogP contribution in [-0.4, -0.2) is 33.9 Å². The van der Waals surface area contributed by atoms with E-state index < -0.39 is 0 Å². The lowest BCUT2D eigenvalue weighted by Gasteiger charge is -2.19. The van der Waals surface area contributed by atoms with E-state index in [0.717, 1.165) is 12.1 Å². The molecule has 4 rings (SSSR count). The Labute approximate surface area is 222 Å². The van der Waals surface area contributed by atoms with Gasteiger partial charge in [-0.2, -0.15) is 0 Å². The average molecular weight is 489 g/mol. The number of benzene rings is 4. The van der Waals surface area contributed by atoms with Gasteiger partial charge in [-0.15, -0.1) is 0 Å². The maximum atomic E-state index is 3.68. The van der Waals surface area contributed by atoms with Crippen LogP contribution in [0, 0.1) is 0 Å². The van der Waals surface area contributed by atoms with Crippen LogP contribution in [0.1, 0.15) is 42.5 Å². The van der Waals surface area contributed by atoms with E-state index in [1.54, 1.807) is 0 Å².